The van der Waals surface area contributed by atoms with Crippen LogP contribution in [0.25, 0.3) is 56.2 Å². The molecule has 1 aliphatic rings. The van der Waals surface area contributed by atoms with Crippen molar-refractivity contribution in [3.05, 3.63) is 88.5 Å². The molecule has 270 valence electrons. The van der Waals surface area contributed by atoms with Gasteiger partial charge in [0, 0.05) is 29.3 Å². The van der Waals surface area contributed by atoms with E-state index in [0.29, 0.717) is 40.7 Å². The highest BCUT2D eigenvalue weighted by Crippen LogP contribution is 2.41. The van der Waals surface area contributed by atoms with E-state index in [1.165, 1.54) is 19.2 Å². The number of halogens is 5. The normalized spacial score (nSPS) is 15.3. The first-order valence-corrected chi connectivity index (χ1v) is 16.4. The van der Waals surface area contributed by atoms with E-state index in [1.54, 1.807) is 24.3 Å². The number of aliphatic hydroxyl groups excluding tert-OH is 1. The van der Waals surface area contributed by atoms with Gasteiger partial charge in [0.2, 0.25) is 11.8 Å². The molecule has 52 heavy (non-hydrogen) atoms. The van der Waals surface area contributed by atoms with Crippen molar-refractivity contribution in [2.24, 2.45) is 0 Å². The van der Waals surface area contributed by atoms with Gasteiger partial charge in [-0.05, 0) is 91.4 Å². The summed E-state index contributed by atoms with van der Waals surface area (Å²) in [5.74, 6) is -0.258. The van der Waals surface area contributed by atoms with Crippen molar-refractivity contribution in [3.63, 3.8) is 0 Å². The van der Waals surface area contributed by atoms with Crippen molar-refractivity contribution >= 4 is 28.2 Å². The molecule has 2 aromatic heterocycles. The van der Waals surface area contributed by atoms with Gasteiger partial charge in [-0.2, -0.15) is 22.0 Å². The minimum Gasteiger partial charge on any atom is -0.468 e. The molecular weight excluding hydrogens is 689 g/mol. The first-order chi connectivity index (χ1) is 24.9. The van der Waals surface area contributed by atoms with Gasteiger partial charge in [-0.25, -0.2) is 9.97 Å². The number of aromatic nitrogens is 2. The Morgan fingerprint density at radius 2 is 1.58 bits per heavy atom. The average Bonchev–Trinajstić information content (AvgIpc) is 3.85. The summed E-state index contributed by atoms with van der Waals surface area (Å²) in [7, 11) is 1.31. The van der Waals surface area contributed by atoms with Gasteiger partial charge < -0.3 is 23.4 Å². The summed E-state index contributed by atoms with van der Waals surface area (Å²) in [4.78, 5) is 23.3. The second-order valence-corrected chi connectivity index (χ2v) is 12.6. The summed E-state index contributed by atoms with van der Waals surface area (Å²) in [6, 6.07) is 15.5. The number of fused-ring (bicyclic) bond motifs is 2. The maximum absolute atomic E-state index is 13.9. The number of hydrogen-bond acceptors (Lipinski definition) is 9. The van der Waals surface area contributed by atoms with Crippen molar-refractivity contribution in [2.45, 2.75) is 58.7 Å². The fourth-order valence-electron chi connectivity index (χ4n) is 6.91. The van der Waals surface area contributed by atoms with E-state index in [1.807, 2.05) is 36.9 Å². The Hall–Kier alpha value is -5.34. The maximum Gasteiger partial charge on any atom is 0.420 e. The number of likely N-dealkylation sites (tertiary alicyclic amines) is 1. The van der Waals surface area contributed by atoms with Gasteiger partial charge in [0.1, 0.15) is 28.4 Å². The molecule has 7 rings (SSSR count). The molecule has 0 bridgehead atoms. The summed E-state index contributed by atoms with van der Waals surface area (Å²) in [6.07, 6.45) is -3.39. The van der Waals surface area contributed by atoms with Crippen LogP contribution < -0.4 is 4.74 Å². The van der Waals surface area contributed by atoms with Crippen LogP contribution in [0.4, 0.5) is 22.0 Å². The smallest absolute Gasteiger partial charge is 0.420 e. The zero-order chi connectivity index (χ0) is 36.9. The van der Waals surface area contributed by atoms with Gasteiger partial charge in [0.25, 0.3) is 0 Å². The van der Waals surface area contributed by atoms with E-state index < -0.39 is 42.6 Å². The first-order valence-electron chi connectivity index (χ1n) is 16.4. The summed E-state index contributed by atoms with van der Waals surface area (Å²) in [5, 5.41) is 9.54. The quantitative estimate of drug-likeness (QED) is 0.116. The van der Waals surface area contributed by atoms with Crippen molar-refractivity contribution in [1.82, 2.24) is 14.9 Å². The molecule has 1 saturated heterocycles. The molecule has 1 atom stereocenters. The molecule has 0 spiro atoms. The predicted molar refractivity (Wildman–Crippen MR) is 180 cm³/mol. The Morgan fingerprint density at radius 3 is 2.19 bits per heavy atom. The molecule has 0 radical (unpaired) electrons. The van der Waals surface area contributed by atoms with Gasteiger partial charge in [-0.1, -0.05) is 24.3 Å². The van der Waals surface area contributed by atoms with Crippen molar-refractivity contribution in [2.75, 3.05) is 13.7 Å². The third-order valence-electron chi connectivity index (χ3n) is 9.45. The highest BCUT2D eigenvalue weighted by atomic mass is 19.4. The lowest BCUT2D eigenvalue weighted by Gasteiger charge is -2.23. The summed E-state index contributed by atoms with van der Waals surface area (Å²) >= 11 is 0. The van der Waals surface area contributed by atoms with Crippen molar-refractivity contribution in [1.29, 1.82) is 0 Å². The summed E-state index contributed by atoms with van der Waals surface area (Å²) in [5.41, 5.74) is 3.71. The molecule has 4 aromatic carbocycles. The molecule has 0 saturated carbocycles. The van der Waals surface area contributed by atoms with Crippen LogP contribution >= 0.6 is 0 Å². The van der Waals surface area contributed by atoms with E-state index >= 15 is 0 Å². The van der Waals surface area contributed by atoms with E-state index in [9.17, 15) is 31.9 Å². The minimum atomic E-state index is -4.72. The highest BCUT2D eigenvalue weighted by molar-refractivity contribution is 5.86. The number of esters is 1. The van der Waals surface area contributed by atoms with Crippen LogP contribution in [0.2, 0.25) is 0 Å². The molecule has 1 aliphatic heterocycles. The third kappa shape index (κ3) is 6.48. The zero-order valence-electron chi connectivity index (χ0n) is 28.2. The second-order valence-electron chi connectivity index (χ2n) is 12.6. The maximum atomic E-state index is 13.9. The number of carbonyl (C=O) groups excluding carboxylic acids is 1. The van der Waals surface area contributed by atoms with E-state index in [4.69, 9.17) is 23.3 Å². The molecule has 0 aliphatic carbocycles. The molecule has 3 heterocycles. The number of oxazole rings is 2. The Labute approximate surface area is 293 Å². The van der Waals surface area contributed by atoms with Gasteiger partial charge in [-0.15, -0.1) is 0 Å². The number of benzene rings is 4. The van der Waals surface area contributed by atoms with Gasteiger partial charge in [0.15, 0.2) is 11.2 Å². The standard InChI is InChI=1S/C38H32F5N3O6/c1-19-23(24-8-5-10-26(20(24)2)35-45-29-14-21(18-47)13-27(33(29)52-35)38(41,42)43)7-4-9-25(19)34-44-28-15-22(31(51-37(39)40)16-32(28)50-34)17-46-12-6-11-30(46)36(48)49-3/h4-5,7-10,13-16,30,37,47H,6,11-12,17-18H2,1-3H3/t30-/m0/s1. The van der Waals surface area contributed by atoms with E-state index in [2.05, 4.69) is 4.98 Å². The molecule has 1 fully saturated rings. The molecule has 14 heteroatoms. The first kappa shape index (κ1) is 35.1. The monoisotopic (exact) mass is 721 g/mol. The van der Waals surface area contributed by atoms with Crippen LogP contribution in [0, 0.1) is 13.8 Å². The van der Waals surface area contributed by atoms with Crippen LogP contribution in [0.3, 0.4) is 0 Å². The Bertz CT molecular complexity index is 2310. The van der Waals surface area contributed by atoms with Crippen LogP contribution in [0.1, 0.15) is 40.7 Å². The largest absolute Gasteiger partial charge is 0.468 e. The molecule has 0 unspecified atom stereocenters. The molecule has 0 amide bonds. The Morgan fingerprint density at radius 1 is 0.942 bits per heavy atom. The van der Waals surface area contributed by atoms with Crippen LogP contribution in [0.5, 0.6) is 5.75 Å². The number of methoxy groups -OCH3 is 1. The molecule has 1 N–H and O–H groups in total. The third-order valence-corrected chi connectivity index (χ3v) is 9.45. The number of carbonyl (C=O) groups is 1. The Balaban J connectivity index is 1.26. The Kier molecular flexibility index (Phi) is 9.21. The van der Waals surface area contributed by atoms with Crippen LogP contribution in [-0.2, 0) is 28.9 Å². The molecular formula is C38H32F5N3O6. The second kappa shape index (κ2) is 13.7. The highest BCUT2D eigenvalue weighted by Gasteiger charge is 2.36. The number of hydrogen-bond donors (Lipinski definition) is 1. The predicted octanol–water partition coefficient (Wildman–Crippen LogP) is 8.84. The van der Waals surface area contributed by atoms with E-state index in [0.717, 1.165) is 29.2 Å². The lowest BCUT2D eigenvalue weighted by atomic mass is 9.91. The van der Waals surface area contributed by atoms with Crippen molar-refractivity contribution in [3.8, 4) is 39.8 Å². The molecule has 9 nitrogen and oxygen atoms in total. The van der Waals surface area contributed by atoms with Gasteiger partial charge >= 0.3 is 18.8 Å². The van der Waals surface area contributed by atoms with Gasteiger partial charge in [-0.3, -0.25) is 9.69 Å². The van der Waals surface area contributed by atoms with Crippen molar-refractivity contribution < 1.29 is 50.2 Å². The fourth-order valence-corrected chi connectivity index (χ4v) is 6.91. The number of rotatable bonds is 9. The van der Waals surface area contributed by atoms with Crippen LogP contribution in [-0.4, -0.2) is 52.3 Å². The van der Waals surface area contributed by atoms with Gasteiger partial charge in [0.05, 0.1) is 13.7 Å². The summed E-state index contributed by atoms with van der Waals surface area (Å²) < 4.78 is 90.3. The number of aliphatic hydroxyl groups is 1. The molecule has 6 aromatic rings. The number of nitrogens with zero attached hydrogens (tertiary/aromatic N) is 3. The summed E-state index contributed by atoms with van der Waals surface area (Å²) in [6.45, 7) is 0.734. The SMILES string of the molecule is COC(=O)[C@@H]1CCCN1Cc1cc2nc(-c3cccc(-c4cccc(-c5nc6cc(CO)cc(C(F)(F)F)c6o5)c4C)c3C)oc2cc1OC(F)F. The lowest BCUT2D eigenvalue weighted by Crippen LogP contribution is -2.36. The average molecular weight is 722 g/mol. The van der Waals surface area contributed by atoms with E-state index in [-0.39, 0.29) is 40.7 Å². The fraction of sp³-hybridized carbons (Fsp3) is 0.289. The van der Waals surface area contributed by atoms with Crippen LogP contribution in [0.15, 0.2) is 69.5 Å². The lowest BCUT2D eigenvalue weighted by molar-refractivity contribution is -0.146. The number of alkyl halides is 5. The topological polar surface area (TPSA) is 111 Å². The minimum absolute atomic E-state index is 0.00726. The number of ether oxygens (including phenoxy) is 2. The zero-order valence-corrected chi connectivity index (χ0v) is 28.2.